The van der Waals surface area contributed by atoms with Gasteiger partial charge in [-0.1, -0.05) is 62.7 Å². The van der Waals surface area contributed by atoms with Crippen LogP contribution in [-0.4, -0.2) is 50.5 Å². The van der Waals surface area contributed by atoms with Gasteiger partial charge in [0.15, 0.2) is 0 Å². The van der Waals surface area contributed by atoms with Crippen LogP contribution in [0.4, 0.5) is 5.69 Å². The second-order valence-corrected chi connectivity index (χ2v) is 12.2. The summed E-state index contributed by atoms with van der Waals surface area (Å²) < 4.78 is 26.6. The van der Waals surface area contributed by atoms with E-state index in [1.807, 2.05) is 84.0 Å². The number of hydrogen-bond donors (Lipinski definition) is 1. The van der Waals surface area contributed by atoms with Crippen molar-refractivity contribution < 1.29 is 18.0 Å². The van der Waals surface area contributed by atoms with Crippen LogP contribution in [-0.2, 0) is 26.2 Å². The minimum Gasteiger partial charge on any atom is -0.354 e. The third-order valence-electron chi connectivity index (χ3n) is 6.29. The van der Waals surface area contributed by atoms with Crippen LogP contribution in [0.5, 0.6) is 0 Å². The van der Waals surface area contributed by atoms with Crippen LogP contribution in [0.1, 0.15) is 62.3 Å². The average molecular weight is 530 g/mol. The second-order valence-electron chi connectivity index (χ2n) is 10.3. The Bertz CT molecular complexity index is 1180. The first-order valence-electron chi connectivity index (χ1n) is 13.0. The van der Waals surface area contributed by atoms with Crippen molar-refractivity contribution in [1.82, 2.24) is 10.2 Å². The van der Waals surface area contributed by atoms with Crippen LogP contribution in [0, 0.1) is 26.7 Å². The number of carbonyl (C=O) groups excluding carboxylic acids is 2. The monoisotopic (exact) mass is 529 g/mol. The highest BCUT2D eigenvalue weighted by atomic mass is 32.2. The molecule has 0 spiro atoms. The van der Waals surface area contributed by atoms with E-state index in [9.17, 15) is 18.0 Å². The maximum absolute atomic E-state index is 13.5. The van der Waals surface area contributed by atoms with Gasteiger partial charge in [0.25, 0.3) is 0 Å². The lowest BCUT2D eigenvalue weighted by Crippen LogP contribution is -2.49. The molecule has 0 unspecified atom stereocenters. The fraction of sp³-hybridized carbons (Fsp3) is 0.517. The van der Waals surface area contributed by atoms with E-state index in [0.717, 1.165) is 22.3 Å². The summed E-state index contributed by atoms with van der Waals surface area (Å²) in [5.41, 5.74) is 4.49. The molecule has 2 amide bonds. The number of nitrogens with zero attached hydrogens (tertiary/aromatic N) is 2. The van der Waals surface area contributed by atoms with Crippen molar-refractivity contribution in [2.24, 2.45) is 5.92 Å². The third kappa shape index (κ3) is 9.18. The molecule has 0 saturated heterocycles. The molecule has 204 valence electrons. The zero-order chi connectivity index (χ0) is 27.8. The first kappa shape index (κ1) is 30.4. The molecule has 1 N–H and O–H groups in total. The van der Waals surface area contributed by atoms with Gasteiger partial charge in [-0.3, -0.25) is 13.9 Å². The van der Waals surface area contributed by atoms with Gasteiger partial charge in [0, 0.05) is 26.1 Å². The molecular weight excluding hydrogens is 486 g/mol. The van der Waals surface area contributed by atoms with Crippen LogP contribution in [0.15, 0.2) is 42.5 Å². The quantitative estimate of drug-likeness (QED) is 0.406. The van der Waals surface area contributed by atoms with Crippen molar-refractivity contribution in [3.05, 3.63) is 64.7 Å². The molecule has 2 aromatic rings. The predicted molar refractivity (Wildman–Crippen MR) is 151 cm³/mol. The smallest absolute Gasteiger partial charge is 0.242 e. The van der Waals surface area contributed by atoms with Gasteiger partial charge in [-0.05, 0) is 62.3 Å². The Morgan fingerprint density at radius 2 is 1.68 bits per heavy atom. The molecule has 0 aromatic heterocycles. The fourth-order valence-corrected chi connectivity index (χ4v) is 5.33. The Labute approximate surface area is 223 Å². The number of hydrogen-bond acceptors (Lipinski definition) is 4. The van der Waals surface area contributed by atoms with E-state index in [2.05, 4.69) is 5.32 Å². The number of aryl methyl sites for hydroxylation is 3. The number of rotatable bonds is 13. The second kappa shape index (κ2) is 13.6. The summed E-state index contributed by atoms with van der Waals surface area (Å²) in [6.45, 7) is 12.8. The van der Waals surface area contributed by atoms with Crippen molar-refractivity contribution in [3.8, 4) is 0 Å². The van der Waals surface area contributed by atoms with Crippen LogP contribution >= 0.6 is 0 Å². The SMILES string of the molecule is CC[C@H](C(=O)NCC(C)C)N(Cc1cccc(C)c1)C(=O)CCCN(c1cc(C)ccc1C)S(C)(=O)=O. The largest absolute Gasteiger partial charge is 0.354 e. The lowest BCUT2D eigenvalue weighted by molar-refractivity contribution is -0.141. The lowest BCUT2D eigenvalue weighted by atomic mass is 10.1. The van der Waals surface area contributed by atoms with Gasteiger partial charge in [0.1, 0.15) is 6.04 Å². The molecule has 7 nitrogen and oxygen atoms in total. The highest BCUT2D eigenvalue weighted by Crippen LogP contribution is 2.25. The molecule has 2 aromatic carbocycles. The summed E-state index contributed by atoms with van der Waals surface area (Å²) >= 11 is 0. The van der Waals surface area contributed by atoms with Crippen molar-refractivity contribution in [1.29, 1.82) is 0 Å². The molecule has 0 fully saturated rings. The number of sulfonamides is 1. The topological polar surface area (TPSA) is 86.8 Å². The maximum Gasteiger partial charge on any atom is 0.242 e. The summed E-state index contributed by atoms with van der Waals surface area (Å²) in [5.74, 6) is -0.0257. The molecule has 8 heteroatoms. The molecule has 2 rings (SSSR count). The normalized spacial score (nSPS) is 12.3. The Balaban J connectivity index is 2.24. The molecule has 0 aliphatic heterocycles. The van der Waals surface area contributed by atoms with Crippen molar-refractivity contribution >= 4 is 27.5 Å². The van der Waals surface area contributed by atoms with Crippen LogP contribution in [0.3, 0.4) is 0 Å². The Hall–Kier alpha value is -2.87. The number of carbonyl (C=O) groups is 2. The molecule has 0 aliphatic rings. The molecule has 0 heterocycles. The molecule has 0 bridgehead atoms. The first-order chi connectivity index (χ1) is 17.3. The number of benzene rings is 2. The van der Waals surface area contributed by atoms with E-state index < -0.39 is 16.1 Å². The van der Waals surface area contributed by atoms with E-state index in [-0.39, 0.29) is 24.8 Å². The summed E-state index contributed by atoms with van der Waals surface area (Å²) in [6, 6.07) is 13.0. The van der Waals surface area contributed by atoms with Gasteiger partial charge >= 0.3 is 0 Å². The van der Waals surface area contributed by atoms with E-state index in [1.165, 1.54) is 10.6 Å². The molecule has 1 atom stereocenters. The van der Waals surface area contributed by atoms with Crippen molar-refractivity contribution in [2.45, 2.75) is 73.4 Å². The van der Waals surface area contributed by atoms with Gasteiger partial charge in [-0.2, -0.15) is 0 Å². The van der Waals surface area contributed by atoms with E-state index in [1.54, 1.807) is 4.90 Å². The highest BCUT2D eigenvalue weighted by molar-refractivity contribution is 7.92. The van der Waals surface area contributed by atoms with E-state index in [4.69, 9.17) is 0 Å². The summed E-state index contributed by atoms with van der Waals surface area (Å²) in [6.07, 6.45) is 2.15. The summed E-state index contributed by atoms with van der Waals surface area (Å²) in [5, 5.41) is 2.97. The number of amides is 2. The van der Waals surface area contributed by atoms with Crippen LogP contribution < -0.4 is 9.62 Å². The lowest BCUT2D eigenvalue weighted by Gasteiger charge is -2.31. The minimum atomic E-state index is -3.53. The fourth-order valence-electron chi connectivity index (χ4n) is 4.32. The van der Waals surface area contributed by atoms with Gasteiger partial charge in [-0.25, -0.2) is 8.42 Å². The van der Waals surface area contributed by atoms with Gasteiger partial charge in [0.05, 0.1) is 11.9 Å². The Morgan fingerprint density at radius 3 is 2.27 bits per heavy atom. The maximum atomic E-state index is 13.5. The van der Waals surface area contributed by atoms with E-state index in [0.29, 0.717) is 37.5 Å². The Kier molecular flexibility index (Phi) is 11.2. The number of anilines is 1. The zero-order valence-electron chi connectivity index (χ0n) is 23.4. The molecule has 0 saturated carbocycles. The summed E-state index contributed by atoms with van der Waals surface area (Å²) in [7, 11) is -3.53. The van der Waals surface area contributed by atoms with Crippen molar-refractivity contribution in [3.63, 3.8) is 0 Å². The van der Waals surface area contributed by atoms with Crippen molar-refractivity contribution in [2.75, 3.05) is 23.7 Å². The van der Waals surface area contributed by atoms with E-state index >= 15 is 0 Å². The predicted octanol–water partition coefficient (Wildman–Crippen LogP) is 4.74. The molecule has 0 radical (unpaired) electrons. The molecule has 37 heavy (non-hydrogen) atoms. The summed E-state index contributed by atoms with van der Waals surface area (Å²) in [4.78, 5) is 28.2. The molecular formula is C29H43N3O4S. The zero-order valence-corrected chi connectivity index (χ0v) is 24.2. The highest BCUT2D eigenvalue weighted by Gasteiger charge is 2.29. The molecule has 0 aliphatic carbocycles. The van der Waals surface area contributed by atoms with Gasteiger partial charge < -0.3 is 10.2 Å². The van der Waals surface area contributed by atoms with Gasteiger partial charge in [-0.15, -0.1) is 0 Å². The number of nitrogens with one attached hydrogen (secondary N) is 1. The van der Waals surface area contributed by atoms with Gasteiger partial charge in [0.2, 0.25) is 21.8 Å². The average Bonchev–Trinajstić information content (AvgIpc) is 2.81. The standard InChI is InChI=1S/C29H43N3O4S/c1-8-26(29(34)30-19-21(2)3)31(20-25-12-9-11-22(4)17-25)28(33)13-10-16-32(37(7,35)36)27-18-23(5)14-15-24(27)6/h9,11-12,14-15,17-18,21,26H,8,10,13,16,19-20H2,1-7H3,(H,30,34)/t26-/m1/s1. The van der Waals surface area contributed by atoms with Crippen LogP contribution in [0.2, 0.25) is 0 Å². The van der Waals surface area contributed by atoms with Crippen LogP contribution in [0.25, 0.3) is 0 Å². The minimum absolute atomic E-state index is 0.136. The third-order valence-corrected chi connectivity index (χ3v) is 7.47. The Morgan fingerprint density at radius 1 is 1.00 bits per heavy atom. The first-order valence-corrected chi connectivity index (χ1v) is 14.9.